The Balaban J connectivity index is 1.94. The molecule has 1 fully saturated rings. The zero-order valence-electron chi connectivity index (χ0n) is 11.9. The van der Waals surface area contributed by atoms with E-state index in [2.05, 4.69) is 40.1 Å². The van der Waals surface area contributed by atoms with Crippen molar-refractivity contribution in [3.05, 3.63) is 28.9 Å². The molecule has 3 rings (SSSR count). The lowest BCUT2D eigenvalue weighted by atomic mass is 9.92. The summed E-state index contributed by atoms with van der Waals surface area (Å²) in [5.41, 5.74) is 9.31. The summed E-state index contributed by atoms with van der Waals surface area (Å²) in [5, 5.41) is 4.65. The van der Waals surface area contributed by atoms with Gasteiger partial charge in [-0.3, -0.25) is 4.98 Å². The van der Waals surface area contributed by atoms with Gasteiger partial charge in [0.1, 0.15) is 0 Å². The molecule has 2 aromatic rings. The SMILES string of the molecule is CC1(C)CCC(Nc2ccc(N)c3cc(Br)cnc23)C1. The van der Waals surface area contributed by atoms with Gasteiger partial charge in [0.05, 0.1) is 11.2 Å². The summed E-state index contributed by atoms with van der Waals surface area (Å²) in [6.07, 6.45) is 5.52. The third-order valence-electron chi connectivity index (χ3n) is 4.18. The highest BCUT2D eigenvalue weighted by Crippen LogP contribution is 2.39. The minimum Gasteiger partial charge on any atom is -0.398 e. The smallest absolute Gasteiger partial charge is 0.0954 e. The number of rotatable bonds is 2. The molecule has 0 radical (unpaired) electrons. The van der Waals surface area contributed by atoms with Crippen LogP contribution in [0.25, 0.3) is 10.9 Å². The van der Waals surface area contributed by atoms with Crippen LogP contribution in [-0.4, -0.2) is 11.0 Å². The Bertz CT molecular complexity index is 651. The predicted octanol–water partition coefficient (Wildman–Crippen LogP) is 4.57. The lowest BCUT2D eigenvalue weighted by Crippen LogP contribution is -2.18. The van der Waals surface area contributed by atoms with Gasteiger partial charge in [0, 0.05) is 27.8 Å². The molecule has 3 nitrogen and oxygen atoms in total. The molecule has 1 saturated carbocycles. The van der Waals surface area contributed by atoms with Crippen molar-refractivity contribution >= 4 is 38.2 Å². The number of nitrogen functional groups attached to an aromatic ring is 1. The largest absolute Gasteiger partial charge is 0.398 e. The zero-order chi connectivity index (χ0) is 14.3. The van der Waals surface area contributed by atoms with E-state index in [1.807, 2.05) is 24.4 Å². The molecule has 0 aliphatic heterocycles. The molecule has 0 bridgehead atoms. The molecule has 1 unspecified atom stereocenters. The number of hydrogen-bond acceptors (Lipinski definition) is 3. The number of halogens is 1. The van der Waals surface area contributed by atoms with Crippen molar-refractivity contribution in [1.82, 2.24) is 4.98 Å². The standard InChI is InChI=1S/C16H20BrN3/c1-16(2)6-5-11(8-16)20-14-4-3-13(18)12-7-10(17)9-19-15(12)14/h3-4,7,9,11,20H,5-6,8,18H2,1-2H3. The van der Waals surface area contributed by atoms with Crippen molar-refractivity contribution in [1.29, 1.82) is 0 Å². The highest BCUT2D eigenvalue weighted by Gasteiger charge is 2.31. The second-order valence-electron chi connectivity index (χ2n) is 6.50. The Hall–Kier alpha value is -1.29. The first-order valence-corrected chi connectivity index (χ1v) is 7.84. The average molecular weight is 334 g/mol. The molecule has 20 heavy (non-hydrogen) atoms. The van der Waals surface area contributed by atoms with Crippen molar-refractivity contribution < 1.29 is 0 Å². The number of fused-ring (bicyclic) bond motifs is 1. The predicted molar refractivity (Wildman–Crippen MR) is 88.9 cm³/mol. The summed E-state index contributed by atoms with van der Waals surface area (Å²) in [6, 6.07) is 6.56. The van der Waals surface area contributed by atoms with Gasteiger partial charge in [-0.15, -0.1) is 0 Å². The molecule has 4 heteroatoms. The minimum atomic E-state index is 0.442. The fourth-order valence-electron chi connectivity index (χ4n) is 3.11. The summed E-state index contributed by atoms with van der Waals surface area (Å²) in [7, 11) is 0. The molecule has 1 heterocycles. The Kier molecular flexibility index (Phi) is 3.36. The second kappa shape index (κ2) is 4.92. The molecular weight excluding hydrogens is 314 g/mol. The van der Waals surface area contributed by atoms with Crippen molar-refractivity contribution in [2.75, 3.05) is 11.1 Å². The van der Waals surface area contributed by atoms with Crippen LogP contribution in [0.2, 0.25) is 0 Å². The first-order valence-electron chi connectivity index (χ1n) is 7.05. The van der Waals surface area contributed by atoms with E-state index in [0.29, 0.717) is 11.5 Å². The number of benzene rings is 1. The van der Waals surface area contributed by atoms with Crippen LogP contribution in [0.4, 0.5) is 11.4 Å². The van der Waals surface area contributed by atoms with E-state index in [9.17, 15) is 0 Å². The molecule has 0 spiro atoms. The van der Waals surface area contributed by atoms with Crippen LogP contribution in [0.15, 0.2) is 28.9 Å². The van der Waals surface area contributed by atoms with E-state index in [0.717, 1.165) is 26.8 Å². The molecule has 106 valence electrons. The molecule has 1 aromatic heterocycles. The maximum atomic E-state index is 6.06. The Morgan fingerprint density at radius 3 is 2.90 bits per heavy atom. The van der Waals surface area contributed by atoms with Gasteiger partial charge in [0.2, 0.25) is 0 Å². The van der Waals surface area contributed by atoms with E-state index in [1.54, 1.807) is 0 Å². The van der Waals surface area contributed by atoms with Crippen LogP contribution in [0.1, 0.15) is 33.1 Å². The molecule has 1 atom stereocenters. The van der Waals surface area contributed by atoms with Gasteiger partial charge in [0.25, 0.3) is 0 Å². The summed E-state index contributed by atoms with van der Waals surface area (Å²) >= 11 is 3.46. The lowest BCUT2D eigenvalue weighted by Gasteiger charge is -2.19. The Morgan fingerprint density at radius 2 is 2.20 bits per heavy atom. The number of aromatic nitrogens is 1. The normalized spacial score (nSPS) is 21.2. The number of nitrogens with one attached hydrogen (secondary N) is 1. The second-order valence-corrected chi connectivity index (χ2v) is 7.42. The third-order valence-corrected chi connectivity index (χ3v) is 4.61. The van der Waals surface area contributed by atoms with Crippen molar-refractivity contribution in [2.24, 2.45) is 5.41 Å². The number of nitrogens with zero attached hydrogens (tertiary/aromatic N) is 1. The van der Waals surface area contributed by atoms with Crippen LogP contribution in [-0.2, 0) is 0 Å². The molecule has 1 aromatic carbocycles. The number of nitrogens with two attached hydrogens (primary N) is 1. The quantitative estimate of drug-likeness (QED) is 0.791. The van der Waals surface area contributed by atoms with E-state index >= 15 is 0 Å². The highest BCUT2D eigenvalue weighted by molar-refractivity contribution is 9.10. The molecule has 0 saturated heterocycles. The first-order chi connectivity index (χ1) is 9.44. The number of hydrogen-bond donors (Lipinski definition) is 2. The topological polar surface area (TPSA) is 50.9 Å². The fraction of sp³-hybridized carbons (Fsp3) is 0.438. The number of anilines is 2. The van der Waals surface area contributed by atoms with Gasteiger partial charge in [-0.05, 0) is 58.8 Å². The molecule has 3 N–H and O–H groups in total. The van der Waals surface area contributed by atoms with E-state index in [4.69, 9.17) is 5.73 Å². The number of pyridine rings is 1. The lowest BCUT2D eigenvalue weighted by molar-refractivity contribution is 0.378. The monoisotopic (exact) mass is 333 g/mol. The van der Waals surface area contributed by atoms with Crippen LogP contribution < -0.4 is 11.1 Å². The van der Waals surface area contributed by atoms with Gasteiger partial charge < -0.3 is 11.1 Å². The summed E-state index contributed by atoms with van der Waals surface area (Å²) in [6.45, 7) is 4.68. The fourth-order valence-corrected chi connectivity index (χ4v) is 3.44. The van der Waals surface area contributed by atoms with Crippen LogP contribution in [0, 0.1) is 5.41 Å². The van der Waals surface area contributed by atoms with Gasteiger partial charge in [0.15, 0.2) is 0 Å². The van der Waals surface area contributed by atoms with Crippen molar-refractivity contribution in [2.45, 2.75) is 39.2 Å². The highest BCUT2D eigenvalue weighted by atomic mass is 79.9. The van der Waals surface area contributed by atoms with Gasteiger partial charge in [-0.1, -0.05) is 13.8 Å². The van der Waals surface area contributed by atoms with Crippen LogP contribution >= 0.6 is 15.9 Å². The van der Waals surface area contributed by atoms with Gasteiger partial charge >= 0.3 is 0 Å². The van der Waals surface area contributed by atoms with E-state index in [1.165, 1.54) is 19.3 Å². The van der Waals surface area contributed by atoms with Crippen molar-refractivity contribution in [3.8, 4) is 0 Å². The summed E-state index contributed by atoms with van der Waals surface area (Å²) in [4.78, 5) is 4.53. The van der Waals surface area contributed by atoms with Gasteiger partial charge in [-0.2, -0.15) is 0 Å². The van der Waals surface area contributed by atoms with Crippen LogP contribution in [0.5, 0.6) is 0 Å². The minimum absolute atomic E-state index is 0.442. The van der Waals surface area contributed by atoms with Gasteiger partial charge in [-0.25, -0.2) is 0 Å². The maximum absolute atomic E-state index is 6.06. The van der Waals surface area contributed by atoms with E-state index in [-0.39, 0.29) is 0 Å². The first kappa shape index (κ1) is 13.7. The zero-order valence-corrected chi connectivity index (χ0v) is 13.5. The van der Waals surface area contributed by atoms with E-state index < -0.39 is 0 Å². The van der Waals surface area contributed by atoms with Crippen molar-refractivity contribution in [3.63, 3.8) is 0 Å². The average Bonchev–Trinajstić information content (AvgIpc) is 2.72. The molecule has 1 aliphatic rings. The molecular formula is C16H20BrN3. The maximum Gasteiger partial charge on any atom is 0.0954 e. The molecule has 1 aliphatic carbocycles. The molecule has 0 amide bonds. The third kappa shape index (κ3) is 2.62. The summed E-state index contributed by atoms with van der Waals surface area (Å²) in [5.74, 6) is 0. The Morgan fingerprint density at radius 1 is 1.40 bits per heavy atom. The summed E-state index contributed by atoms with van der Waals surface area (Å²) < 4.78 is 0.954. The Labute approximate surface area is 128 Å². The van der Waals surface area contributed by atoms with Crippen LogP contribution in [0.3, 0.4) is 0 Å².